The molecule has 1 unspecified atom stereocenters. The average molecular weight is 304 g/mol. The van der Waals surface area contributed by atoms with E-state index < -0.39 is 23.0 Å². The maximum Gasteiger partial charge on any atom is 0.335 e. The highest BCUT2D eigenvalue weighted by atomic mass is 16.4. The third-order valence-electron chi connectivity index (χ3n) is 4.32. The minimum Gasteiger partial charge on any atom is -0.478 e. The highest BCUT2D eigenvalue weighted by Gasteiger charge is 2.54. The fraction of sp³-hybridized carbons (Fsp3) is 0.438. The lowest BCUT2D eigenvalue weighted by Crippen LogP contribution is -2.54. The summed E-state index contributed by atoms with van der Waals surface area (Å²) < 4.78 is 0. The summed E-state index contributed by atoms with van der Waals surface area (Å²) in [5.74, 6) is -1.28. The molecule has 1 heterocycles. The number of aromatic carboxylic acids is 1. The first-order valence-corrected chi connectivity index (χ1v) is 7.02. The van der Waals surface area contributed by atoms with Crippen molar-refractivity contribution < 1.29 is 19.5 Å². The highest BCUT2D eigenvalue weighted by molar-refractivity contribution is 6.07. The monoisotopic (exact) mass is 304 g/mol. The van der Waals surface area contributed by atoms with Crippen LogP contribution in [0.3, 0.4) is 0 Å². The second-order valence-electron chi connectivity index (χ2n) is 6.70. The van der Waals surface area contributed by atoms with Gasteiger partial charge in [0.25, 0.3) is 5.91 Å². The van der Waals surface area contributed by atoms with Gasteiger partial charge in [-0.05, 0) is 30.0 Å². The minimum atomic E-state index is -1.01. The first-order valence-electron chi connectivity index (χ1n) is 7.02. The molecule has 3 amide bonds. The highest BCUT2D eigenvalue weighted by Crippen LogP contribution is 2.35. The number of nitrogens with zero attached hydrogens (tertiary/aromatic N) is 1. The van der Waals surface area contributed by atoms with Crippen molar-refractivity contribution >= 4 is 17.9 Å². The second kappa shape index (κ2) is 5.12. The third-order valence-corrected chi connectivity index (χ3v) is 4.32. The molecule has 6 nitrogen and oxygen atoms in total. The van der Waals surface area contributed by atoms with Gasteiger partial charge in [-0.25, -0.2) is 9.59 Å². The Morgan fingerprint density at radius 2 is 1.77 bits per heavy atom. The molecule has 1 aromatic rings. The molecule has 0 saturated carbocycles. The van der Waals surface area contributed by atoms with Crippen LogP contribution in [0.15, 0.2) is 24.3 Å². The second-order valence-corrected chi connectivity index (χ2v) is 6.70. The van der Waals surface area contributed by atoms with Crippen LogP contribution in [0.5, 0.6) is 0 Å². The number of carbonyl (C=O) groups excluding carboxylic acids is 2. The first kappa shape index (κ1) is 16.0. The molecule has 1 atom stereocenters. The molecule has 0 spiro atoms. The van der Waals surface area contributed by atoms with E-state index in [1.54, 1.807) is 19.1 Å². The molecule has 1 fully saturated rings. The van der Waals surface area contributed by atoms with Gasteiger partial charge in [-0.1, -0.05) is 32.9 Å². The van der Waals surface area contributed by atoms with Gasteiger partial charge in [0.1, 0.15) is 5.54 Å². The average Bonchev–Trinajstić information content (AvgIpc) is 2.63. The van der Waals surface area contributed by atoms with E-state index in [0.29, 0.717) is 5.56 Å². The number of urea groups is 1. The molecule has 1 aliphatic rings. The fourth-order valence-corrected chi connectivity index (χ4v) is 2.28. The van der Waals surface area contributed by atoms with Gasteiger partial charge < -0.3 is 10.4 Å². The minimum absolute atomic E-state index is 0.121. The lowest BCUT2D eigenvalue weighted by Gasteiger charge is -2.35. The van der Waals surface area contributed by atoms with Gasteiger partial charge >= 0.3 is 12.0 Å². The van der Waals surface area contributed by atoms with E-state index in [-0.39, 0.29) is 18.0 Å². The number of hydrogen-bond donors (Lipinski definition) is 2. The zero-order valence-corrected chi connectivity index (χ0v) is 13.1. The smallest absolute Gasteiger partial charge is 0.335 e. The third kappa shape index (κ3) is 2.56. The summed E-state index contributed by atoms with van der Waals surface area (Å²) in [6, 6.07) is 5.70. The molecule has 1 aromatic carbocycles. The molecule has 22 heavy (non-hydrogen) atoms. The van der Waals surface area contributed by atoms with Gasteiger partial charge in [0, 0.05) is 0 Å². The Balaban J connectivity index is 2.22. The number of nitrogens with one attached hydrogen (secondary N) is 1. The van der Waals surface area contributed by atoms with Crippen molar-refractivity contribution in [1.82, 2.24) is 10.2 Å². The van der Waals surface area contributed by atoms with Crippen molar-refractivity contribution in [2.24, 2.45) is 5.41 Å². The van der Waals surface area contributed by atoms with Crippen LogP contribution in [0.4, 0.5) is 4.79 Å². The lowest BCUT2D eigenvalue weighted by molar-refractivity contribution is -0.134. The van der Waals surface area contributed by atoms with Gasteiger partial charge in [-0.15, -0.1) is 0 Å². The summed E-state index contributed by atoms with van der Waals surface area (Å²) in [5, 5.41) is 11.6. The maximum atomic E-state index is 12.6. The molecule has 1 aliphatic heterocycles. The van der Waals surface area contributed by atoms with Crippen LogP contribution in [0.2, 0.25) is 0 Å². The quantitative estimate of drug-likeness (QED) is 0.838. The number of hydrogen-bond acceptors (Lipinski definition) is 3. The topological polar surface area (TPSA) is 86.7 Å². The first-order chi connectivity index (χ1) is 10.1. The van der Waals surface area contributed by atoms with Crippen molar-refractivity contribution in [3.8, 4) is 0 Å². The number of carboxylic acids is 1. The molecule has 0 bridgehead atoms. The zero-order valence-electron chi connectivity index (χ0n) is 13.1. The van der Waals surface area contributed by atoms with E-state index in [2.05, 4.69) is 5.32 Å². The van der Waals surface area contributed by atoms with Gasteiger partial charge in [0.2, 0.25) is 0 Å². The Kier molecular flexibility index (Phi) is 3.73. The standard InChI is InChI=1S/C16H20N2O4/c1-15(2,3)16(4)13(21)18(14(22)17-16)9-10-5-7-11(8-6-10)12(19)20/h5-8H,9H2,1-4H3,(H,17,22)(H,19,20). The van der Waals surface area contributed by atoms with Crippen LogP contribution in [0, 0.1) is 5.41 Å². The van der Waals surface area contributed by atoms with Crippen LogP contribution < -0.4 is 5.32 Å². The number of benzene rings is 1. The number of amides is 3. The van der Waals surface area contributed by atoms with E-state index in [1.165, 1.54) is 17.0 Å². The summed E-state index contributed by atoms with van der Waals surface area (Å²) in [6.45, 7) is 7.54. The SMILES string of the molecule is CC(C)(C)C1(C)NC(=O)N(Cc2ccc(C(=O)O)cc2)C1=O. The van der Waals surface area contributed by atoms with Crippen LogP contribution in [-0.4, -0.2) is 33.5 Å². The molecule has 1 saturated heterocycles. The molecule has 0 radical (unpaired) electrons. The van der Waals surface area contributed by atoms with Crippen molar-refractivity contribution in [3.05, 3.63) is 35.4 Å². The van der Waals surface area contributed by atoms with Crippen molar-refractivity contribution in [2.45, 2.75) is 39.8 Å². The Morgan fingerprint density at radius 1 is 1.23 bits per heavy atom. The summed E-state index contributed by atoms with van der Waals surface area (Å²) in [7, 11) is 0. The summed E-state index contributed by atoms with van der Waals surface area (Å²) >= 11 is 0. The van der Waals surface area contributed by atoms with Crippen molar-refractivity contribution in [2.75, 3.05) is 0 Å². The Hall–Kier alpha value is -2.37. The molecule has 118 valence electrons. The Bertz CT molecular complexity index is 631. The van der Waals surface area contributed by atoms with Gasteiger partial charge in [-0.3, -0.25) is 9.69 Å². The van der Waals surface area contributed by atoms with Gasteiger partial charge in [-0.2, -0.15) is 0 Å². The van der Waals surface area contributed by atoms with E-state index in [9.17, 15) is 14.4 Å². The fourth-order valence-electron chi connectivity index (χ4n) is 2.28. The van der Waals surface area contributed by atoms with Crippen LogP contribution in [0.1, 0.15) is 43.6 Å². The lowest BCUT2D eigenvalue weighted by atomic mass is 9.75. The maximum absolute atomic E-state index is 12.6. The van der Waals surface area contributed by atoms with Crippen molar-refractivity contribution in [3.63, 3.8) is 0 Å². The summed E-state index contributed by atoms with van der Waals surface area (Å²) in [6.07, 6.45) is 0. The number of carboxylic acid groups (broad SMARTS) is 1. The molecule has 6 heteroatoms. The van der Waals surface area contributed by atoms with E-state index in [4.69, 9.17) is 5.11 Å². The summed E-state index contributed by atoms with van der Waals surface area (Å²) in [4.78, 5) is 36.7. The van der Waals surface area contributed by atoms with Crippen molar-refractivity contribution in [1.29, 1.82) is 0 Å². The molecule has 2 N–H and O–H groups in total. The number of rotatable bonds is 3. The predicted molar refractivity (Wildman–Crippen MR) is 80.3 cm³/mol. The molecule has 0 aliphatic carbocycles. The summed E-state index contributed by atoms with van der Waals surface area (Å²) in [5.41, 5.74) is -0.501. The Labute approximate surface area is 129 Å². The van der Waals surface area contributed by atoms with E-state index >= 15 is 0 Å². The predicted octanol–water partition coefficient (Wildman–Crippen LogP) is 2.24. The number of carbonyl (C=O) groups is 3. The van der Waals surface area contributed by atoms with Crippen LogP contribution in [-0.2, 0) is 11.3 Å². The molecule has 2 rings (SSSR count). The van der Waals surface area contributed by atoms with E-state index in [0.717, 1.165) is 0 Å². The molecule has 0 aromatic heterocycles. The zero-order chi connectivity index (χ0) is 16.7. The largest absolute Gasteiger partial charge is 0.478 e. The van der Waals surface area contributed by atoms with Gasteiger partial charge in [0.15, 0.2) is 0 Å². The molecular formula is C16H20N2O4. The number of imide groups is 1. The Morgan fingerprint density at radius 3 is 2.18 bits per heavy atom. The van der Waals surface area contributed by atoms with Crippen LogP contribution >= 0.6 is 0 Å². The normalized spacial score (nSPS) is 21.9. The van der Waals surface area contributed by atoms with Crippen LogP contribution in [0.25, 0.3) is 0 Å². The molecular weight excluding hydrogens is 284 g/mol. The van der Waals surface area contributed by atoms with Gasteiger partial charge in [0.05, 0.1) is 12.1 Å². The van der Waals surface area contributed by atoms with E-state index in [1.807, 2.05) is 20.8 Å².